The van der Waals surface area contributed by atoms with Crippen LogP contribution >= 0.6 is 11.3 Å². The Kier molecular flexibility index (Phi) is 3.93. The molecule has 2 rings (SSSR count). The van der Waals surface area contributed by atoms with Gasteiger partial charge in [0.05, 0.1) is 5.69 Å². The summed E-state index contributed by atoms with van der Waals surface area (Å²) < 4.78 is 0. The molecule has 0 aliphatic heterocycles. The Hall–Kier alpha value is -1.68. The van der Waals surface area contributed by atoms with Crippen molar-refractivity contribution in [2.24, 2.45) is 0 Å². The van der Waals surface area contributed by atoms with E-state index >= 15 is 0 Å². The molecule has 0 amide bonds. The number of carboxylic acids is 1. The number of benzene rings is 1. The minimum atomic E-state index is -0.896. The molecule has 0 saturated carbocycles. The first-order chi connectivity index (χ1) is 9.64. The lowest BCUT2D eigenvalue weighted by atomic mass is 9.85. The van der Waals surface area contributed by atoms with Crippen LogP contribution in [0.4, 0.5) is 0 Å². The van der Waals surface area contributed by atoms with Gasteiger partial charge in [0, 0.05) is 10.8 Å². The normalized spacial score (nSPS) is 12.4. The number of aromatic nitrogens is 1. The summed E-state index contributed by atoms with van der Waals surface area (Å²) in [5.74, 6) is -0.896. The van der Waals surface area contributed by atoms with Gasteiger partial charge in [-0.3, -0.25) is 0 Å². The lowest BCUT2D eigenvalue weighted by Crippen LogP contribution is -2.20. The Morgan fingerprint density at radius 2 is 1.67 bits per heavy atom. The fourth-order valence-corrected chi connectivity index (χ4v) is 3.46. The van der Waals surface area contributed by atoms with Gasteiger partial charge in [0.15, 0.2) is 0 Å². The fourth-order valence-electron chi connectivity index (χ4n) is 2.22. The molecule has 2 aromatic rings. The second kappa shape index (κ2) is 5.26. The maximum Gasteiger partial charge on any atom is 0.347 e. The van der Waals surface area contributed by atoms with Crippen LogP contribution in [0.1, 0.15) is 60.6 Å². The smallest absolute Gasteiger partial charge is 0.347 e. The number of rotatable bonds is 3. The number of carbonyl (C=O) groups is 1. The number of nitrogens with zero attached hydrogens (tertiary/aromatic N) is 1. The van der Waals surface area contributed by atoms with Gasteiger partial charge in [0.2, 0.25) is 0 Å². The van der Waals surface area contributed by atoms with Gasteiger partial charge in [-0.1, -0.05) is 51.1 Å². The fraction of sp³-hybridized carbons (Fsp3) is 0.412. The highest BCUT2D eigenvalue weighted by molar-refractivity contribution is 7.13. The van der Waals surface area contributed by atoms with Crippen LogP contribution in [0, 0.1) is 0 Å². The van der Waals surface area contributed by atoms with E-state index in [-0.39, 0.29) is 10.8 Å². The Morgan fingerprint density at radius 1 is 1.10 bits per heavy atom. The van der Waals surface area contributed by atoms with E-state index in [9.17, 15) is 9.90 Å². The van der Waals surface area contributed by atoms with Gasteiger partial charge in [0.1, 0.15) is 9.88 Å². The third kappa shape index (κ3) is 3.00. The molecule has 3 nitrogen and oxygen atoms in total. The lowest BCUT2D eigenvalue weighted by molar-refractivity contribution is 0.0699. The molecule has 0 aliphatic rings. The molecule has 1 aromatic heterocycles. The Morgan fingerprint density at radius 3 is 2.10 bits per heavy atom. The number of hydrogen-bond acceptors (Lipinski definition) is 3. The zero-order valence-corrected chi connectivity index (χ0v) is 13.9. The monoisotopic (exact) mass is 303 g/mol. The molecule has 21 heavy (non-hydrogen) atoms. The molecule has 1 N–H and O–H groups in total. The van der Waals surface area contributed by atoms with Gasteiger partial charge in [-0.05, 0) is 19.4 Å². The summed E-state index contributed by atoms with van der Waals surface area (Å²) in [6.07, 6.45) is 0. The predicted molar refractivity (Wildman–Crippen MR) is 86.3 cm³/mol. The summed E-state index contributed by atoms with van der Waals surface area (Å²) in [4.78, 5) is 16.6. The van der Waals surface area contributed by atoms with Crippen LogP contribution in [0.2, 0.25) is 0 Å². The molecule has 112 valence electrons. The highest BCUT2D eigenvalue weighted by atomic mass is 32.1. The molecule has 0 spiro atoms. The average molecular weight is 303 g/mol. The third-order valence-electron chi connectivity index (χ3n) is 3.56. The summed E-state index contributed by atoms with van der Waals surface area (Å²) >= 11 is 1.29. The summed E-state index contributed by atoms with van der Waals surface area (Å²) in [5, 5.41) is 10.3. The molecule has 0 saturated heterocycles. The van der Waals surface area contributed by atoms with Crippen molar-refractivity contribution >= 4 is 17.3 Å². The molecular formula is C17H21NO2S. The van der Waals surface area contributed by atoms with Gasteiger partial charge in [-0.25, -0.2) is 9.78 Å². The van der Waals surface area contributed by atoms with Crippen molar-refractivity contribution in [1.29, 1.82) is 0 Å². The Bertz CT molecular complexity index is 651. The van der Waals surface area contributed by atoms with Crippen molar-refractivity contribution in [2.75, 3.05) is 0 Å². The summed E-state index contributed by atoms with van der Waals surface area (Å²) in [6, 6.07) is 10.1. The quantitative estimate of drug-likeness (QED) is 0.910. The van der Waals surface area contributed by atoms with Crippen molar-refractivity contribution < 1.29 is 9.90 Å². The lowest BCUT2D eigenvalue weighted by Gasteiger charge is -2.23. The average Bonchev–Trinajstić information content (AvgIpc) is 2.85. The molecule has 0 atom stereocenters. The van der Waals surface area contributed by atoms with Crippen LogP contribution in [0.15, 0.2) is 30.3 Å². The minimum absolute atomic E-state index is 0.282. The second-order valence-corrected chi connectivity index (χ2v) is 7.74. The third-order valence-corrected chi connectivity index (χ3v) is 4.93. The molecular weight excluding hydrogens is 282 g/mol. The topological polar surface area (TPSA) is 50.2 Å². The Labute approximate surface area is 129 Å². The van der Waals surface area contributed by atoms with Gasteiger partial charge >= 0.3 is 5.97 Å². The highest BCUT2D eigenvalue weighted by Gasteiger charge is 2.33. The van der Waals surface area contributed by atoms with E-state index in [1.165, 1.54) is 11.3 Å². The van der Waals surface area contributed by atoms with E-state index in [1.54, 1.807) is 0 Å². The van der Waals surface area contributed by atoms with E-state index in [0.29, 0.717) is 10.6 Å². The van der Waals surface area contributed by atoms with Gasteiger partial charge < -0.3 is 5.11 Å². The van der Waals surface area contributed by atoms with Gasteiger partial charge in [-0.15, -0.1) is 11.3 Å². The van der Waals surface area contributed by atoms with E-state index < -0.39 is 5.97 Å². The maximum absolute atomic E-state index is 11.5. The summed E-state index contributed by atoms with van der Waals surface area (Å²) in [7, 11) is 0. The number of thiazole rings is 1. The van der Waals surface area contributed by atoms with Crippen molar-refractivity contribution in [3.05, 3.63) is 51.5 Å². The van der Waals surface area contributed by atoms with Crippen molar-refractivity contribution in [3.63, 3.8) is 0 Å². The van der Waals surface area contributed by atoms with Crippen LogP contribution in [0.3, 0.4) is 0 Å². The molecule has 0 unspecified atom stereocenters. The van der Waals surface area contributed by atoms with Crippen molar-refractivity contribution in [2.45, 2.75) is 45.4 Å². The minimum Gasteiger partial charge on any atom is -0.477 e. The van der Waals surface area contributed by atoms with Crippen LogP contribution in [0.25, 0.3) is 0 Å². The van der Waals surface area contributed by atoms with Gasteiger partial charge in [0.25, 0.3) is 0 Å². The number of aromatic carboxylic acids is 1. The molecule has 0 fully saturated rings. The van der Waals surface area contributed by atoms with Gasteiger partial charge in [-0.2, -0.15) is 0 Å². The molecule has 1 aromatic carbocycles. The first-order valence-corrected chi connectivity index (χ1v) is 7.76. The summed E-state index contributed by atoms with van der Waals surface area (Å²) in [5.41, 5.74) is 1.21. The predicted octanol–water partition coefficient (Wildman–Crippen LogP) is 4.46. The van der Waals surface area contributed by atoms with E-state index in [1.807, 2.05) is 39.0 Å². The zero-order chi connectivity index (χ0) is 15.8. The van der Waals surface area contributed by atoms with Crippen molar-refractivity contribution in [3.8, 4) is 0 Å². The van der Waals surface area contributed by atoms with Crippen LogP contribution in [0.5, 0.6) is 0 Å². The van der Waals surface area contributed by atoms with Crippen LogP contribution in [-0.2, 0) is 10.8 Å². The van der Waals surface area contributed by atoms with E-state index in [2.05, 4.69) is 31.0 Å². The molecule has 1 heterocycles. The van der Waals surface area contributed by atoms with E-state index in [4.69, 9.17) is 0 Å². The number of hydrogen-bond donors (Lipinski definition) is 1. The SMILES string of the molecule is CC(C)(C)c1nc(C(C)(C)c2ccccc2)sc1C(=O)O. The van der Waals surface area contributed by atoms with Crippen molar-refractivity contribution in [1.82, 2.24) is 4.98 Å². The van der Waals surface area contributed by atoms with Crippen LogP contribution < -0.4 is 0 Å². The first-order valence-electron chi connectivity index (χ1n) is 6.94. The number of carboxylic acid groups (broad SMARTS) is 1. The highest BCUT2D eigenvalue weighted by Crippen LogP contribution is 2.38. The standard InChI is InChI=1S/C17H21NO2S/c1-16(2,3)13-12(14(19)20)21-15(18-13)17(4,5)11-9-7-6-8-10-11/h6-10H,1-5H3,(H,19,20). The second-order valence-electron chi connectivity index (χ2n) is 6.74. The maximum atomic E-state index is 11.5. The molecule has 0 bridgehead atoms. The zero-order valence-electron chi connectivity index (χ0n) is 13.1. The van der Waals surface area contributed by atoms with Crippen LogP contribution in [-0.4, -0.2) is 16.1 Å². The first kappa shape index (κ1) is 15.7. The van der Waals surface area contributed by atoms with E-state index in [0.717, 1.165) is 10.6 Å². The largest absolute Gasteiger partial charge is 0.477 e. The molecule has 0 aliphatic carbocycles. The Balaban J connectivity index is 2.58. The summed E-state index contributed by atoms with van der Waals surface area (Å²) in [6.45, 7) is 10.1. The molecule has 4 heteroatoms. The molecule has 0 radical (unpaired) electrons.